The molecular formula is C15H17ClN4O4S. The van der Waals surface area contributed by atoms with E-state index in [-0.39, 0.29) is 16.8 Å². The normalized spacial score (nSPS) is 20.0. The highest BCUT2D eigenvalue weighted by molar-refractivity contribution is 7.92. The molecule has 0 spiro atoms. The molecule has 2 atom stereocenters. The smallest absolute Gasteiger partial charge is 0.258 e. The van der Waals surface area contributed by atoms with Crippen molar-refractivity contribution in [2.24, 2.45) is 0 Å². The molecule has 8 nitrogen and oxygen atoms in total. The van der Waals surface area contributed by atoms with Crippen molar-refractivity contribution in [2.45, 2.75) is 25.0 Å². The summed E-state index contributed by atoms with van der Waals surface area (Å²) >= 11 is 5.97. The van der Waals surface area contributed by atoms with Crippen LogP contribution in [0.4, 0.5) is 11.4 Å². The van der Waals surface area contributed by atoms with E-state index in [0.29, 0.717) is 11.3 Å². The lowest BCUT2D eigenvalue weighted by atomic mass is 9.89. The van der Waals surface area contributed by atoms with Crippen LogP contribution in [0.25, 0.3) is 0 Å². The molecule has 1 heterocycles. The van der Waals surface area contributed by atoms with Gasteiger partial charge in [0.1, 0.15) is 0 Å². The van der Waals surface area contributed by atoms with Crippen molar-refractivity contribution >= 4 is 38.9 Å². The molecule has 3 rings (SSSR count). The van der Waals surface area contributed by atoms with E-state index in [2.05, 4.69) is 15.1 Å². The van der Waals surface area contributed by atoms with Gasteiger partial charge in [-0.15, -0.1) is 0 Å². The van der Waals surface area contributed by atoms with Gasteiger partial charge in [0.25, 0.3) is 5.91 Å². The standard InChI is InChI=1S/C15H17ClN4O4S/c1-25(23,24)19-12-5-10(16)4-11(6-12)18-15(22)9-7-17-20(8-9)13-2-3-14(13)21/h4-8,13-14,19,21H,2-3H2,1H3,(H,18,22)/t13-,14+/m0/s1. The third-order valence-corrected chi connectivity index (χ3v) is 4.69. The van der Waals surface area contributed by atoms with E-state index in [1.807, 2.05) is 0 Å². The second kappa shape index (κ2) is 6.66. The molecule has 25 heavy (non-hydrogen) atoms. The average molecular weight is 385 g/mol. The molecule has 0 unspecified atom stereocenters. The number of benzene rings is 1. The molecule has 1 fully saturated rings. The second-order valence-electron chi connectivity index (χ2n) is 5.98. The van der Waals surface area contributed by atoms with E-state index < -0.39 is 22.0 Å². The number of aliphatic hydroxyl groups excluding tert-OH is 1. The Kier molecular flexibility index (Phi) is 4.72. The zero-order valence-corrected chi connectivity index (χ0v) is 14.9. The summed E-state index contributed by atoms with van der Waals surface area (Å²) in [5.41, 5.74) is 0.926. The van der Waals surface area contributed by atoms with Gasteiger partial charge in [-0.25, -0.2) is 8.42 Å². The fourth-order valence-electron chi connectivity index (χ4n) is 2.55. The monoisotopic (exact) mass is 384 g/mol. The number of halogens is 1. The van der Waals surface area contributed by atoms with Crippen LogP contribution in [0, 0.1) is 0 Å². The molecule has 2 aromatic rings. The van der Waals surface area contributed by atoms with Gasteiger partial charge in [-0.1, -0.05) is 11.6 Å². The number of hydrogen-bond donors (Lipinski definition) is 3. The van der Waals surface area contributed by atoms with E-state index in [1.54, 1.807) is 10.9 Å². The number of carbonyl (C=O) groups is 1. The number of carbonyl (C=O) groups excluding carboxylic acids is 1. The first-order chi connectivity index (χ1) is 11.7. The Bertz CT molecular complexity index is 912. The number of aliphatic hydroxyl groups is 1. The van der Waals surface area contributed by atoms with Crippen LogP contribution in [0.3, 0.4) is 0 Å². The first kappa shape index (κ1) is 17.7. The summed E-state index contributed by atoms with van der Waals surface area (Å²) in [5.74, 6) is -0.410. The van der Waals surface area contributed by atoms with Gasteiger partial charge in [0.15, 0.2) is 0 Å². The van der Waals surface area contributed by atoms with E-state index in [4.69, 9.17) is 11.6 Å². The van der Waals surface area contributed by atoms with E-state index in [0.717, 1.165) is 19.1 Å². The van der Waals surface area contributed by atoms with Gasteiger partial charge in [-0.2, -0.15) is 5.10 Å². The fraction of sp³-hybridized carbons (Fsp3) is 0.333. The number of anilines is 2. The SMILES string of the molecule is CS(=O)(=O)Nc1cc(Cl)cc(NC(=O)c2cnn([C@H]3CC[C@H]3O)c2)c1. The minimum atomic E-state index is -3.46. The van der Waals surface area contributed by atoms with E-state index in [9.17, 15) is 18.3 Å². The summed E-state index contributed by atoms with van der Waals surface area (Å²) in [6.07, 6.45) is 5.12. The summed E-state index contributed by atoms with van der Waals surface area (Å²) in [5, 5.41) is 16.7. The van der Waals surface area contributed by atoms with Crippen LogP contribution in [0.2, 0.25) is 5.02 Å². The number of hydrogen-bond acceptors (Lipinski definition) is 5. The van der Waals surface area contributed by atoms with Gasteiger partial charge >= 0.3 is 0 Å². The van der Waals surface area contributed by atoms with Crippen LogP contribution in [-0.4, -0.2) is 41.6 Å². The highest BCUT2D eigenvalue weighted by Gasteiger charge is 2.31. The molecule has 0 bridgehead atoms. The summed E-state index contributed by atoms with van der Waals surface area (Å²) in [6.45, 7) is 0. The van der Waals surface area contributed by atoms with Crippen LogP contribution < -0.4 is 10.0 Å². The van der Waals surface area contributed by atoms with Gasteiger partial charge < -0.3 is 10.4 Å². The molecule has 1 aromatic heterocycles. The first-order valence-electron chi connectivity index (χ1n) is 7.53. The predicted molar refractivity (Wildman–Crippen MR) is 94.4 cm³/mol. The maximum Gasteiger partial charge on any atom is 0.258 e. The lowest BCUT2D eigenvalue weighted by Gasteiger charge is -2.32. The highest BCUT2D eigenvalue weighted by Crippen LogP contribution is 2.31. The summed E-state index contributed by atoms with van der Waals surface area (Å²) in [7, 11) is -3.46. The predicted octanol–water partition coefficient (Wildman–Crippen LogP) is 1.86. The van der Waals surface area contributed by atoms with Crippen molar-refractivity contribution in [1.82, 2.24) is 9.78 Å². The van der Waals surface area contributed by atoms with Crippen molar-refractivity contribution in [3.8, 4) is 0 Å². The molecule has 10 heteroatoms. The largest absolute Gasteiger partial charge is 0.391 e. The Morgan fingerprint density at radius 2 is 2.04 bits per heavy atom. The summed E-state index contributed by atoms with van der Waals surface area (Å²) < 4.78 is 26.5. The lowest BCUT2D eigenvalue weighted by molar-refractivity contribution is 0.0253. The maximum atomic E-state index is 12.3. The summed E-state index contributed by atoms with van der Waals surface area (Å²) in [6, 6.07) is 4.31. The number of aromatic nitrogens is 2. The zero-order valence-electron chi connectivity index (χ0n) is 13.3. The number of amides is 1. The van der Waals surface area contributed by atoms with Gasteiger partial charge in [-0.05, 0) is 31.0 Å². The molecule has 1 aliphatic rings. The van der Waals surface area contributed by atoms with Crippen molar-refractivity contribution in [2.75, 3.05) is 16.3 Å². The Hall–Kier alpha value is -2.10. The average Bonchev–Trinajstić information content (AvgIpc) is 2.92. The van der Waals surface area contributed by atoms with Crippen LogP contribution in [0.5, 0.6) is 0 Å². The molecule has 0 saturated heterocycles. The van der Waals surface area contributed by atoms with E-state index in [1.165, 1.54) is 24.4 Å². The third-order valence-electron chi connectivity index (χ3n) is 3.86. The Balaban J connectivity index is 1.74. The minimum Gasteiger partial charge on any atom is -0.391 e. The first-order valence-corrected chi connectivity index (χ1v) is 9.80. The Morgan fingerprint density at radius 3 is 2.64 bits per heavy atom. The second-order valence-corrected chi connectivity index (χ2v) is 8.16. The van der Waals surface area contributed by atoms with Crippen LogP contribution in [-0.2, 0) is 10.0 Å². The molecule has 1 saturated carbocycles. The van der Waals surface area contributed by atoms with Crippen molar-refractivity contribution in [1.29, 1.82) is 0 Å². The third kappa shape index (κ3) is 4.30. The van der Waals surface area contributed by atoms with Crippen LogP contribution in [0.15, 0.2) is 30.6 Å². The topological polar surface area (TPSA) is 113 Å². The molecular weight excluding hydrogens is 368 g/mol. The van der Waals surface area contributed by atoms with Crippen molar-refractivity contribution < 1.29 is 18.3 Å². The minimum absolute atomic E-state index is 0.0988. The molecule has 3 N–H and O–H groups in total. The van der Waals surface area contributed by atoms with Crippen molar-refractivity contribution in [3.05, 3.63) is 41.2 Å². The lowest BCUT2D eigenvalue weighted by Crippen LogP contribution is -2.33. The number of sulfonamides is 1. The fourth-order valence-corrected chi connectivity index (χ4v) is 3.33. The van der Waals surface area contributed by atoms with Gasteiger partial charge in [0.2, 0.25) is 10.0 Å². The summed E-state index contributed by atoms with van der Waals surface area (Å²) in [4.78, 5) is 12.3. The van der Waals surface area contributed by atoms with Crippen molar-refractivity contribution in [3.63, 3.8) is 0 Å². The molecule has 134 valence electrons. The highest BCUT2D eigenvalue weighted by atomic mass is 35.5. The zero-order chi connectivity index (χ0) is 18.2. The number of nitrogens with one attached hydrogen (secondary N) is 2. The quantitative estimate of drug-likeness (QED) is 0.728. The Labute approximate surface area is 149 Å². The molecule has 0 aliphatic heterocycles. The molecule has 1 aliphatic carbocycles. The molecule has 0 radical (unpaired) electrons. The van der Waals surface area contributed by atoms with Gasteiger partial charge in [0, 0.05) is 16.9 Å². The Morgan fingerprint density at radius 1 is 1.32 bits per heavy atom. The van der Waals surface area contributed by atoms with Gasteiger partial charge in [-0.3, -0.25) is 14.2 Å². The van der Waals surface area contributed by atoms with E-state index >= 15 is 0 Å². The van der Waals surface area contributed by atoms with Crippen LogP contribution in [0.1, 0.15) is 29.2 Å². The maximum absolute atomic E-state index is 12.3. The van der Waals surface area contributed by atoms with Gasteiger partial charge in [0.05, 0.1) is 35.8 Å². The number of rotatable bonds is 5. The van der Waals surface area contributed by atoms with Crippen LogP contribution >= 0.6 is 11.6 Å². The molecule has 1 amide bonds. The number of nitrogens with zero attached hydrogens (tertiary/aromatic N) is 2. The molecule has 1 aromatic carbocycles.